The number of benzene rings is 1. The third-order valence-electron chi connectivity index (χ3n) is 2.68. The first-order valence-corrected chi connectivity index (χ1v) is 7.00. The lowest BCUT2D eigenvalue weighted by Crippen LogP contribution is -2.23. The molecule has 1 aromatic carbocycles. The van der Waals surface area contributed by atoms with Crippen molar-refractivity contribution in [3.8, 4) is 5.75 Å². The molecule has 1 rings (SSSR count). The van der Waals surface area contributed by atoms with Crippen LogP contribution in [0.1, 0.15) is 25.0 Å². The summed E-state index contributed by atoms with van der Waals surface area (Å²) in [6, 6.07) is 3.59. The second-order valence-corrected chi connectivity index (χ2v) is 6.52. The fourth-order valence-electron chi connectivity index (χ4n) is 1.52. The van der Waals surface area contributed by atoms with Crippen molar-refractivity contribution in [2.45, 2.75) is 32.9 Å². The van der Waals surface area contributed by atoms with Gasteiger partial charge in [-0.1, -0.05) is 6.07 Å². The van der Waals surface area contributed by atoms with E-state index >= 15 is 0 Å². The van der Waals surface area contributed by atoms with Crippen LogP contribution in [0.2, 0.25) is 0 Å². The Labute approximate surface area is 103 Å². The van der Waals surface area contributed by atoms with Crippen molar-refractivity contribution in [2.75, 3.05) is 11.8 Å². The quantitative estimate of drug-likeness (QED) is 0.901. The molecule has 4 nitrogen and oxygen atoms in total. The molecule has 0 atom stereocenters. The maximum Gasteiger partial charge on any atom is 0.235 e. The second kappa shape index (κ2) is 4.96. The molecule has 0 aliphatic carbocycles. The van der Waals surface area contributed by atoms with Crippen LogP contribution in [-0.2, 0) is 10.0 Å². The van der Waals surface area contributed by atoms with Crippen molar-refractivity contribution in [2.24, 2.45) is 0 Å². The first kappa shape index (κ1) is 13.8. The number of rotatable bonds is 4. The molecular weight excluding hydrogens is 238 g/mol. The Hall–Kier alpha value is -1.23. The zero-order valence-corrected chi connectivity index (χ0v) is 11.7. The molecule has 5 heteroatoms. The van der Waals surface area contributed by atoms with Gasteiger partial charge in [0, 0.05) is 5.56 Å². The molecule has 17 heavy (non-hydrogen) atoms. The summed E-state index contributed by atoms with van der Waals surface area (Å²) in [7, 11) is -1.74. The van der Waals surface area contributed by atoms with Crippen LogP contribution < -0.4 is 9.46 Å². The van der Waals surface area contributed by atoms with E-state index in [1.165, 1.54) is 0 Å². The van der Waals surface area contributed by atoms with Gasteiger partial charge in [-0.05, 0) is 39.3 Å². The average Bonchev–Trinajstić information content (AvgIpc) is 2.23. The van der Waals surface area contributed by atoms with Gasteiger partial charge in [0.25, 0.3) is 0 Å². The minimum Gasteiger partial charge on any atom is -0.496 e. The Balaban J connectivity index is 3.18. The molecule has 0 radical (unpaired) electrons. The summed E-state index contributed by atoms with van der Waals surface area (Å²) < 4.78 is 31.4. The van der Waals surface area contributed by atoms with E-state index in [9.17, 15) is 8.42 Å². The topological polar surface area (TPSA) is 55.4 Å². The van der Waals surface area contributed by atoms with Crippen LogP contribution in [0.15, 0.2) is 12.1 Å². The maximum absolute atomic E-state index is 11.8. The second-order valence-electron chi connectivity index (χ2n) is 4.28. The number of hydrogen-bond acceptors (Lipinski definition) is 3. The van der Waals surface area contributed by atoms with E-state index < -0.39 is 15.3 Å². The van der Waals surface area contributed by atoms with Crippen LogP contribution in [0.25, 0.3) is 0 Å². The fraction of sp³-hybridized carbons (Fsp3) is 0.500. The van der Waals surface area contributed by atoms with Crippen molar-refractivity contribution >= 4 is 15.7 Å². The van der Waals surface area contributed by atoms with Gasteiger partial charge < -0.3 is 4.74 Å². The van der Waals surface area contributed by atoms with Crippen molar-refractivity contribution in [3.63, 3.8) is 0 Å². The van der Waals surface area contributed by atoms with Crippen molar-refractivity contribution in [1.29, 1.82) is 0 Å². The van der Waals surface area contributed by atoms with E-state index in [-0.39, 0.29) is 0 Å². The molecule has 0 saturated carbocycles. The first-order valence-electron chi connectivity index (χ1n) is 5.45. The van der Waals surface area contributed by atoms with Gasteiger partial charge in [0.15, 0.2) is 0 Å². The lowest BCUT2D eigenvalue weighted by atomic mass is 10.1. The smallest absolute Gasteiger partial charge is 0.235 e. The fourth-order valence-corrected chi connectivity index (χ4v) is 2.29. The number of methoxy groups -OCH3 is 1. The zero-order chi connectivity index (χ0) is 13.2. The number of ether oxygens (including phenoxy) is 1. The van der Waals surface area contributed by atoms with Gasteiger partial charge in [0.05, 0.1) is 18.0 Å². The molecule has 0 aromatic heterocycles. The van der Waals surface area contributed by atoms with Crippen LogP contribution in [0.5, 0.6) is 5.75 Å². The molecule has 0 spiro atoms. The molecule has 0 bridgehead atoms. The van der Waals surface area contributed by atoms with E-state index in [1.807, 2.05) is 19.9 Å². The van der Waals surface area contributed by atoms with Gasteiger partial charge in [-0.3, -0.25) is 4.72 Å². The molecule has 0 heterocycles. The largest absolute Gasteiger partial charge is 0.496 e. The SMILES string of the molecule is COc1c(C)ccc(NS(=O)(=O)C(C)C)c1C. The van der Waals surface area contributed by atoms with Crippen LogP contribution in [0.4, 0.5) is 5.69 Å². The van der Waals surface area contributed by atoms with Gasteiger partial charge in [-0.2, -0.15) is 0 Å². The first-order chi connectivity index (χ1) is 7.79. The monoisotopic (exact) mass is 257 g/mol. The van der Waals surface area contributed by atoms with E-state index in [1.54, 1.807) is 27.0 Å². The highest BCUT2D eigenvalue weighted by molar-refractivity contribution is 7.93. The number of anilines is 1. The van der Waals surface area contributed by atoms with Gasteiger partial charge in [0.1, 0.15) is 5.75 Å². The zero-order valence-electron chi connectivity index (χ0n) is 10.9. The highest BCUT2D eigenvalue weighted by atomic mass is 32.2. The number of sulfonamides is 1. The predicted octanol–water partition coefficient (Wildman–Crippen LogP) is 2.46. The predicted molar refractivity (Wildman–Crippen MR) is 70.1 cm³/mol. The summed E-state index contributed by atoms with van der Waals surface area (Å²) in [6.07, 6.45) is 0. The molecule has 1 aromatic rings. The number of nitrogens with one attached hydrogen (secondary N) is 1. The average molecular weight is 257 g/mol. The summed E-state index contributed by atoms with van der Waals surface area (Å²) in [5, 5.41) is -0.464. The Morgan fingerprint density at radius 1 is 1.24 bits per heavy atom. The standard InChI is InChI=1S/C12H19NO3S/c1-8(2)17(14,15)13-11-7-6-9(3)12(16-5)10(11)4/h6-8,13H,1-5H3. The lowest BCUT2D eigenvalue weighted by Gasteiger charge is -2.16. The van der Waals surface area contributed by atoms with Crippen molar-refractivity contribution < 1.29 is 13.2 Å². The molecule has 0 aliphatic rings. The van der Waals surface area contributed by atoms with E-state index in [2.05, 4.69) is 4.72 Å². The van der Waals surface area contributed by atoms with Gasteiger partial charge in [-0.25, -0.2) is 8.42 Å². The van der Waals surface area contributed by atoms with Crippen LogP contribution in [-0.4, -0.2) is 20.8 Å². The highest BCUT2D eigenvalue weighted by Gasteiger charge is 2.18. The maximum atomic E-state index is 11.8. The molecule has 1 N–H and O–H groups in total. The Morgan fingerprint density at radius 2 is 1.82 bits per heavy atom. The minimum atomic E-state index is -3.32. The van der Waals surface area contributed by atoms with Crippen molar-refractivity contribution in [3.05, 3.63) is 23.3 Å². The van der Waals surface area contributed by atoms with Crippen molar-refractivity contribution in [1.82, 2.24) is 0 Å². The van der Waals surface area contributed by atoms with Crippen LogP contribution in [0, 0.1) is 13.8 Å². The molecule has 0 saturated heterocycles. The summed E-state index contributed by atoms with van der Waals surface area (Å²) in [5.41, 5.74) is 2.36. The third-order valence-corrected chi connectivity index (χ3v) is 4.43. The molecule has 0 fully saturated rings. The summed E-state index contributed by atoms with van der Waals surface area (Å²) >= 11 is 0. The number of aryl methyl sites for hydroxylation is 1. The summed E-state index contributed by atoms with van der Waals surface area (Å²) in [5.74, 6) is 0.717. The molecule has 0 amide bonds. The highest BCUT2D eigenvalue weighted by Crippen LogP contribution is 2.30. The molecule has 96 valence electrons. The summed E-state index contributed by atoms with van der Waals surface area (Å²) in [4.78, 5) is 0. The van der Waals surface area contributed by atoms with E-state index in [0.717, 1.165) is 11.1 Å². The Morgan fingerprint density at radius 3 is 2.29 bits per heavy atom. The molecular formula is C12H19NO3S. The minimum absolute atomic E-state index is 0.464. The summed E-state index contributed by atoms with van der Waals surface area (Å²) in [6.45, 7) is 7.04. The van der Waals surface area contributed by atoms with E-state index in [0.29, 0.717) is 11.4 Å². The van der Waals surface area contributed by atoms with Crippen LogP contribution in [0.3, 0.4) is 0 Å². The number of hydrogen-bond donors (Lipinski definition) is 1. The lowest BCUT2D eigenvalue weighted by molar-refractivity contribution is 0.409. The third kappa shape index (κ3) is 2.91. The van der Waals surface area contributed by atoms with E-state index in [4.69, 9.17) is 4.74 Å². The van der Waals surface area contributed by atoms with Gasteiger partial charge in [-0.15, -0.1) is 0 Å². The molecule has 0 unspecified atom stereocenters. The van der Waals surface area contributed by atoms with Gasteiger partial charge >= 0.3 is 0 Å². The Kier molecular flexibility index (Phi) is 4.03. The van der Waals surface area contributed by atoms with Gasteiger partial charge in [0.2, 0.25) is 10.0 Å². The normalized spacial score (nSPS) is 11.6. The van der Waals surface area contributed by atoms with Crippen LogP contribution >= 0.6 is 0 Å². The molecule has 0 aliphatic heterocycles. The Bertz CT molecular complexity index is 507.